The van der Waals surface area contributed by atoms with Crippen LogP contribution in [0.25, 0.3) is 0 Å². The molecular formula is C15H25NO. The van der Waals surface area contributed by atoms with E-state index in [2.05, 4.69) is 26.8 Å². The van der Waals surface area contributed by atoms with Crippen molar-refractivity contribution in [1.29, 1.82) is 0 Å². The van der Waals surface area contributed by atoms with Gasteiger partial charge in [0.15, 0.2) is 0 Å². The lowest BCUT2D eigenvalue weighted by atomic mass is 9.64. The maximum Gasteiger partial charge on any atom is 0.0937 e. The summed E-state index contributed by atoms with van der Waals surface area (Å²) in [5, 5.41) is 0. The molecule has 0 aliphatic heterocycles. The standard InChI is InChI=1S/C15H25NO/c1-15(2,3)13-5-4-11(9-16)14(8-13)12-6-7-17-10-12/h6-7,10-11,13-14H,4-5,8-9,16H2,1-3H3. The molecule has 1 heterocycles. The monoisotopic (exact) mass is 235 g/mol. The first-order chi connectivity index (χ1) is 8.02. The van der Waals surface area contributed by atoms with Gasteiger partial charge >= 0.3 is 0 Å². The van der Waals surface area contributed by atoms with Crippen LogP contribution in [0.2, 0.25) is 0 Å². The van der Waals surface area contributed by atoms with Crippen molar-refractivity contribution in [2.24, 2.45) is 23.0 Å². The summed E-state index contributed by atoms with van der Waals surface area (Å²) in [6.45, 7) is 7.86. The second kappa shape index (κ2) is 4.85. The lowest BCUT2D eigenvalue weighted by Crippen LogP contribution is -2.33. The Morgan fingerprint density at radius 3 is 2.65 bits per heavy atom. The van der Waals surface area contributed by atoms with Crippen molar-refractivity contribution in [3.05, 3.63) is 24.2 Å². The SMILES string of the molecule is CC(C)(C)C1CCC(CN)C(c2ccoc2)C1. The van der Waals surface area contributed by atoms with Crippen LogP contribution in [0.15, 0.2) is 23.0 Å². The van der Waals surface area contributed by atoms with Crippen LogP contribution >= 0.6 is 0 Å². The molecule has 1 aromatic rings. The van der Waals surface area contributed by atoms with Crippen molar-refractivity contribution in [2.45, 2.75) is 46.0 Å². The van der Waals surface area contributed by atoms with Gasteiger partial charge in [-0.15, -0.1) is 0 Å². The predicted molar refractivity (Wildman–Crippen MR) is 70.8 cm³/mol. The number of rotatable bonds is 2. The molecular weight excluding hydrogens is 210 g/mol. The average Bonchev–Trinajstić information content (AvgIpc) is 2.80. The molecule has 0 saturated heterocycles. The van der Waals surface area contributed by atoms with Crippen LogP contribution in [0.3, 0.4) is 0 Å². The Labute approximate surface area is 105 Å². The molecule has 1 aliphatic rings. The van der Waals surface area contributed by atoms with Gasteiger partial charge in [-0.05, 0) is 60.6 Å². The fraction of sp³-hybridized carbons (Fsp3) is 0.733. The van der Waals surface area contributed by atoms with Crippen LogP contribution in [-0.4, -0.2) is 6.54 Å². The van der Waals surface area contributed by atoms with Gasteiger partial charge < -0.3 is 10.2 Å². The summed E-state index contributed by atoms with van der Waals surface area (Å²) in [5.41, 5.74) is 7.67. The maximum atomic E-state index is 5.92. The third-order valence-electron chi connectivity index (χ3n) is 4.49. The zero-order valence-electron chi connectivity index (χ0n) is 11.3. The minimum Gasteiger partial charge on any atom is -0.472 e. The third kappa shape index (κ3) is 2.74. The summed E-state index contributed by atoms with van der Waals surface area (Å²) in [6, 6.07) is 2.11. The highest BCUT2D eigenvalue weighted by molar-refractivity contribution is 5.15. The average molecular weight is 235 g/mol. The fourth-order valence-corrected chi connectivity index (χ4v) is 3.20. The number of hydrogen-bond acceptors (Lipinski definition) is 2. The molecule has 0 bridgehead atoms. The summed E-state index contributed by atoms with van der Waals surface area (Å²) >= 11 is 0. The molecule has 2 N–H and O–H groups in total. The highest BCUT2D eigenvalue weighted by Crippen LogP contribution is 2.46. The van der Waals surface area contributed by atoms with Crippen molar-refractivity contribution in [1.82, 2.24) is 0 Å². The van der Waals surface area contributed by atoms with Gasteiger partial charge in [0.2, 0.25) is 0 Å². The zero-order chi connectivity index (χ0) is 12.5. The molecule has 0 aromatic carbocycles. The lowest BCUT2D eigenvalue weighted by molar-refractivity contribution is 0.133. The molecule has 3 unspecified atom stereocenters. The maximum absolute atomic E-state index is 5.92. The van der Waals surface area contributed by atoms with E-state index in [9.17, 15) is 0 Å². The van der Waals surface area contributed by atoms with Crippen LogP contribution in [-0.2, 0) is 0 Å². The van der Waals surface area contributed by atoms with E-state index in [1.54, 1.807) is 6.26 Å². The molecule has 1 fully saturated rings. The van der Waals surface area contributed by atoms with Gasteiger partial charge in [-0.1, -0.05) is 20.8 Å². The van der Waals surface area contributed by atoms with Gasteiger partial charge in [-0.2, -0.15) is 0 Å². The van der Waals surface area contributed by atoms with E-state index in [1.165, 1.54) is 24.8 Å². The van der Waals surface area contributed by atoms with Gasteiger partial charge in [-0.25, -0.2) is 0 Å². The lowest BCUT2D eigenvalue weighted by Gasteiger charge is -2.41. The largest absolute Gasteiger partial charge is 0.472 e. The summed E-state index contributed by atoms with van der Waals surface area (Å²) in [4.78, 5) is 0. The van der Waals surface area contributed by atoms with Gasteiger partial charge in [0.05, 0.1) is 12.5 Å². The summed E-state index contributed by atoms with van der Waals surface area (Å²) in [5.74, 6) is 2.02. The minimum absolute atomic E-state index is 0.404. The smallest absolute Gasteiger partial charge is 0.0937 e. The van der Waals surface area contributed by atoms with Crippen molar-refractivity contribution in [3.8, 4) is 0 Å². The Kier molecular flexibility index (Phi) is 3.62. The molecule has 2 rings (SSSR count). The van der Waals surface area contributed by atoms with Gasteiger partial charge in [0.25, 0.3) is 0 Å². The molecule has 1 aliphatic carbocycles. The van der Waals surface area contributed by atoms with Crippen LogP contribution < -0.4 is 5.73 Å². The highest BCUT2D eigenvalue weighted by atomic mass is 16.3. The minimum atomic E-state index is 0.404. The zero-order valence-corrected chi connectivity index (χ0v) is 11.3. The summed E-state index contributed by atoms with van der Waals surface area (Å²) in [6.07, 6.45) is 7.51. The van der Waals surface area contributed by atoms with Crippen LogP contribution in [0.4, 0.5) is 0 Å². The number of nitrogens with two attached hydrogens (primary N) is 1. The Bertz CT molecular complexity index is 336. The molecule has 0 amide bonds. The molecule has 2 heteroatoms. The van der Waals surface area contributed by atoms with Crippen molar-refractivity contribution < 1.29 is 4.42 Å². The van der Waals surface area contributed by atoms with Gasteiger partial charge in [0, 0.05) is 0 Å². The van der Waals surface area contributed by atoms with Crippen molar-refractivity contribution >= 4 is 0 Å². The number of furan rings is 1. The second-order valence-corrected chi connectivity index (χ2v) is 6.53. The second-order valence-electron chi connectivity index (χ2n) is 6.53. The number of hydrogen-bond donors (Lipinski definition) is 1. The molecule has 3 atom stereocenters. The van der Waals surface area contributed by atoms with E-state index in [0.29, 0.717) is 17.3 Å². The van der Waals surface area contributed by atoms with E-state index in [-0.39, 0.29) is 0 Å². The van der Waals surface area contributed by atoms with Crippen LogP contribution in [0.1, 0.15) is 51.5 Å². The first-order valence-corrected chi connectivity index (χ1v) is 6.74. The highest BCUT2D eigenvalue weighted by Gasteiger charge is 2.36. The first kappa shape index (κ1) is 12.7. The predicted octanol–water partition coefficient (Wildman–Crippen LogP) is 3.78. The Morgan fingerprint density at radius 1 is 1.35 bits per heavy atom. The molecule has 1 saturated carbocycles. The molecule has 0 spiro atoms. The van der Waals surface area contributed by atoms with E-state index in [1.807, 2.05) is 6.26 Å². The van der Waals surface area contributed by atoms with E-state index in [0.717, 1.165) is 12.5 Å². The topological polar surface area (TPSA) is 39.2 Å². The van der Waals surface area contributed by atoms with E-state index < -0.39 is 0 Å². The molecule has 0 radical (unpaired) electrons. The Balaban J connectivity index is 2.15. The Hall–Kier alpha value is -0.760. The van der Waals surface area contributed by atoms with E-state index in [4.69, 9.17) is 10.2 Å². The Morgan fingerprint density at radius 2 is 2.12 bits per heavy atom. The normalized spacial score (nSPS) is 30.5. The molecule has 1 aromatic heterocycles. The summed E-state index contributed by atoms with van der Waals surface area (Å²) in [7, 11) is 0. The quantitative estimate of drug-likeness (QED) is 0.847. The fourth-order valence-electron chi connectivity index (χ4n) is 3.20. The van der Waals surface area contributed by atoms with Gasteiger partial charge in [-0.3, -0.25) is 0 Å². The van der Waals surface area contributed by atoms with Crippen molar-refractivity contribution in [3.63, 3.8) is 0 Å². The first-order valence-electron chi connectivity index (χ1n) is 6.74. The van der Waals surface area contributed by atoms with E-state index >= 15 is 0 Å². The molecule has 96 valence electrons. The van der Waals surface area contributed by atoms with Crippen LogP contribution in [0.5, 0.6) is 0 Å². The third-order valence-corrected chi connectivity index (χ3v) is 4.49. The molecule has 17 heavy (non-hydrogen) atoms. The molecule has 2 nitrogen and oxygen atoms in total. The van der Waals surface area contributed by atoms with Crippen molar-refractivity contribution in [2.75, 3.05) is 6.54 Å². The van der Waals surface area contributed by atoms with Gasteiger partial charge in [0.1, 0.15) is 0 Å². The summed E-state index contributed by atoms with van der Waals surface area (Å²) < 4.78 is 5.24. The van der Waals surface area contributed by atoms with Crippen LogP contribution in [0, 0.1) is 17.3 Å².